The Labute approximate surface area is 149 Å². The quantitative estimate of drug-likeness (QED) is 0.557. The summed E-state index contributed by atoms with van der Waals surface area (Å²) in [5.74, 6) is 1.48. The summed E-state index contributed by atoms with van der Waals surface area (Å²) in [6.45, 7) is 5.22. The molecular weight excluding hydrogens is 345 g/mol. The molecule has 0 unspecified atom stereocenters. The van der Waals surface area contributed by atoms with Gasteiger partial charge in [0.2, 0.25) is 0 Å². The summed E-state index contributed by atoms with van der Waals surface area (Å²) < 4.78 is 47.2. The molecule has 0 radical (unpaired) electrons. The van der Waals surface area contributed by atoms with Crippen molar-refractivity contribution in [3.8, 4) is 29.2 Å². The van der Waals surface area contributed by atoms with Crippen LogP contribution in [-0.4, -0.2) is 17.9 Å². The molecule has 0 spiro atoms. The Morgan fingerprint density at radius 1 is 1.04 bits per heavy atom. The standard InChI is InChI=1S/C20H17F3O3/c1-5-13-6-11-17(25-20(21,22)23)16(12-13)14-7-9-15(10-8-14)18(24)26-19(2,3)4/h1,6-12H,2-4H3. The van der Waals surface area contributed by atoms with Gasteiger partial charge in [-0.05, 0) is 56.7 Å². The minimum atomic E-state index is -4.83. The number of carbonyl (C=O) groups is 1. The zero-order valence-corrected chi connectivity index (χ0v) is 14.5. The molecule has 26 heavy (non-hydrogen) atoms. The van der Waals surface area contributed by atoms with Crippen LogP contribution in [0.25, 0.3) is 11.1 Å². The van der Waals surface area contributed by atoms with Crippen LogP contribution in [0.5, 0.6) is 5.75 Å². The number of rotatable bonds is 3. The Kier molecular flexibility index (Phi) is 5.31. The van der Waals surface area contributed by atoms with Crippen LogP contribution in [0.4, 0.5) is 13.2 Å². The number of carbonyl (C=O) groups excluding carboxylic acids is 1. The van der Waals surface area contributed by atoms with Gasteiger partial charge in [-0.25, -0.2) is 4.79 Å². The van der Waals surface area contributed by atoms with Crippen molar-refractivity contribution in [1.29, 1.82) is 0 Å². The Morgan fingerprint density at radius 3 is 2.15 bits per heavy atom. The zero-order chi connectivity index (χ0) is 19.5. The van der Waals surface area contributed by atoms with Crippen molar-refractivity contribution < 1.29 is 27.4 Å². The van der Waals surface area contributed by atoms with Gasteiger partial charge < -0.3 is 9.47 Å². The first-order chi connectivity index (χ1) is 12.0. The third kappa shape index (κ3) is 5.28. The van der Waals surface area contributed by atoms with Gasteiger partial charge in [0.25, 0.3) is 0 Å². The first-order valence-electron chi connectivity index (χ1n) is 7.69. The Hall–Kier alpha value is -2.94. The average molecular weight is 362 g/mol. The van der Waals surface area contributed by atoms with E-state index in [0.717, 1.165) is 0 Å². The van der Waals surface area contributed by atoms with Gasteiger partial charge in [0.1, 0.15) is 11.4 Å². The van der Waals surface area contributed by atoms with Crippen molar-refractivity contribution in [3.05, 3.63) is 53.6 Å². The number of esters is 1. The van der Waals surface area contributed by atoms with E-state index in [0.29, 0.717) is 11.1 Å². The van der Waals surface area contributed by atoms with Gasteiger partial charge in [0.15, 0.2) is 0 Å². The fraction of sp³-hybridized carbons (Fsp3) is 0.250. The highest BCUT2D eigenvalue weighted by atomic mass is 19.4. The summed E-state index contributed by atoms with van der Waals surface area (Å²) >= 11 is 0. The molecule has 0 bridgehead atoms. The van der Waals surface area contributed by atoms with Crippen LogP contribution in [0.15, 0.2) is 42.5 Å². The van der Waals surface area contributed by atoms with Crippen LogP contribution in [-0.2, 0) is 4.74 Å². The van der Waals surface area contributed by atoms with E-state index in [4.69, 9.17) is 11.2 Å². The molecule has 0 N–H and O–H groups in total. The van der Waals surface area contributed by atoms with E-state index in [9.17, 15) is 18.0 Å². The number of ether oxygens (including phenoxy) is 2. The van der Waals surface area contributed by atoms with Gasteiger partial charge in [-0.3, -0.25) is 0 Å². The lowest BCUT2D eigenvalue weighted by molar-refractivity contribution is -0.274. The molecule has 0 saturated heterocycles. The molecule has 2 aromatic carbocycles. The number of alkyl halides is 3. The summed E-state index contributed by atoms with van der Waals surface area (Å²) in [5.41, 5.74) is 0.646. The van der Waals surface area contributed by atoms with Gasteiger partial charge in [0, 0.05) is 11.1 Å². The van der Waals surface area contributed by atoms with E-state index in [1.165, 1.54) is 42.5 Å². The molecular formula is C20H17F3O3. The number of halogens is 3. The molecule has 0 atom stereocenters. The van der Waals surface area contributed by atoms with E-state index in [1.807, 2.05) is 0 Å². The van der Waals surface area contributed by atoms with Crippen LogP contribution in [0.2, 0.25) is 0 Å². The molecule has 136 valence electrons. The van der Waals surface area contributed by atoms with Crippen molar-refractivity contribution in [2.24, 2.45) is 0 Å². The van der Waals surface area contributed by atoms with E-state index in [1.54, 1.807) is 20.8 Å². The third-order valence-electron chi connectivity index (χ3n) is 3.20. The number of hydrogen-bond acceptors (Lipinski definition) is 3. The van der Waals surface area contributed by atoms with Crippen molar-refractivity contribution in [3.63, 3.8) is 0 Å². The maximum atomic E-state index is 12.6. The molecule has 0 aliphatic carbocycles. The van der Waals surface area contributed by atoms with Gasteiger partial charge >= 0.3 is 12.3 Å². The highest BCUT2D eigenvalue weighted by Crippen LogP contribution is 2.34. The summed E-state index contributed by atoms with van der Waals surface area (Å²) in [7, 11) is 0. The summed E-state index contributed by atoms with van der Waals surface area (Å²) in [4.78, 5) is 12.0. The summed E-state index contributed by atoms with van der Waals surface area (Å²) in [6.07, 6.45) is 0.492. The van der Waals surface area contributed by atoms with Gasteiger partial charge in [0.05, 0.1) is 5.56 Å². The predicted octanol–water partition coefficient (Wildman–Crippen LogP) is 5.19. The topological polar surface area (TPSA) is 35.5 Å². The number of terminal acetylenes is 1. The third-order valence-corrected chi connectivity index (χ3v) is 3.20. The molecule has 0 heterocycles. The molecule has 0 aliphatic heterocycles. The minimum absolute atomic E-state index is 0.175. The second-order valence-electron chi connectivity index (χ2n) is 6.48. The van der Waals surface area contributed by atoms with Crippen LogP contribution >= 0.6 is 0 Å². The van der Waals surface area contributed by atoms with Crippen LogP contribution < -0.4 is 4.74 Å². The summed E-state index contributed by atoms with van der Waals surface area (Å²) in [5, 5.41) is 0. The molecule has 0 saturated carbocycles. The Balaban J connectivity index is 2.39. The van der Waals surface area contributed by atoms with E-state index >= 15 is 0 Å². The van der Waals surface area contributed by atoms with Crippen molar-refractivity contribution >= 4 is 5.97 Å². The molecule has 2 aromatic rings. The second-order valence-corrected chi connectivity index (χ2v) is 6.48. The predicted molar refractivity (Wildman–Crippen MR) is 91.7 cm³/mol. The van der Waals surface area contributed by atoms with Crippen LogP contribution in [0.3, 0.4) is 0 Å². The molecule has 6 heteroatoms. The van der Waals surface area contributed by atoms with Crippen molar-refractivity contribution in [2.45, 2.75) is 32.7 Å². The Bertz CT molecular complexity index is 839. The minimum Gasteiger partial charge on any atom is -0.456 e. The molecule has 0 aliphatic rings. The highest BCUT2D eigenvalue weighted by molar-refractivity contribution is 5.90. The molecule has 3 nitrogen and oxygen atoms in total. The highest BCUT2D eigenvalue weighted by Gasteiger charge is 2.32. The van der Waals surface area contributed by atoms with Crippen LogP contribution in [0.1, 0.15) is 36.7 Å². The van der Waals surface area contributed by atoms with Crippen molar-refractivity contribution in [2.75, 3.05) is 0 Å². The summed E-state index contributed by atoms with van der Waals surface area (Å²) in [6, 6.07) is 9.92. The fourth-order valence-electron chi connectivity index (χ4n) is 2.18. The first-order valence-corrected chi connectivity index (χ1v) is 7.69. The maximum Gasteiger partial charge on any atom is 0.573 e. The van der Waals surface area contributed by atoms with E-state index in [2.05, 4.69) is 10.7 Å². The molecule has 0 amide bonds. The second kappa shape index (κ2) is 7.12. The largest absolute Gasteiger partial charge is 0.573 e. The monoisotopic (exact) mass is 362 g/mol. The lowest BCUT2D eigenvalue weighted by atomic mass is 10.0. The number of benzene rings is 2. The lowest BCUT2D eigenvalue weighted by Crippen LogP contribution is -2.23. The zero-order valence-electron chi connectivity index (χ0n) is 14.5. The number of hydrogen-bond donors (Lipinski definition) is 0. The molecule has 0 fully saturated rings. The van der Waals surface area contributed by atoms with Gasteiger partial charge in [-0.2, -0.15) is 0 Å². The first kappa shape index (κ1) is 19.4. The Morgan fingerprint density at radius 2 is 1.65 bits per heavy atom. The van der Waals surface area contributed by atoms with E-state index < -0.39 is 17.9 Å². The molecule has 0 aromatic heterocycles. The van der Waals surface area contributed by atoms with E-state index in [-0.39, 0.29) is 16.9 Å². The van der Waals surface area contributed by atoms with Crippen LogP contribution in [0, 0.1) is 12.3 Å². The normalized spacial score (nSPS) is 11.6. The molecule has 2 rings (SSSR count). The fourth-order valence-corrected chi connectivity index (χ4v) is 2.18. The van der Waals surface area contributed by atoms with Gasteiger partial charge in [-0.1, -0.05) is 18.1 Å². The van der Waals surface area contributed by atoms with Crippen molar-refractivity contribution in [1.82, 2.24) is 0 Å². The average Bonchev–Trinajstić information content (AvgIpc) is 2.52. The lowest BCUT2D eigenvalue weighted by Gasteiger charge is -2.19. The maximum absolute atomic E-state index is 12.6. The SMILES string of the molecule is C#Cc1ccc(OC(F)(F)F)c(-c2ccc(C(=O)OC(C)(C)C)cc2)c1. The van der Waals surface area contributed by atoms with Gasteiger partial charge in [-0.15, -0.1) is 19.6 Å². The smallest absolute Gasteiger partial charge is 0.456 e.